The van der Waals surface area contributed by atoms with Gasteiger partial charge in [0.15, 0.2) is 0 Å². The van der Waals surface area contributed by atoms with Crippen LogP contribution in [0.25, 0.3) is 0 Å². The summed E-state index contributed by atoms with van der Waals surface area (Å²) in [6.07, 6.45) is -2.13. The highest BCUT2D eigenvalue weighted by Gasteiger charge is 2.50. The van der Waals surface area contributed by atoms with E-state index in [4.69, 9.17) is 9.47 Å². The number of benzene rings is 1. The molecule has 2 saturated heterocycles. The minimum atomic E-state index is -1.11. The van der Waals surface area contributed by atoms with Crippen molar-refractivity contribution >= 4 is 23.7 Å². The lowest BCUT2D eigenvalue weighted by Gasteiger charge is -2.26. The summed E-state index contributed by atoms with van der Waals surface area (Å²) in [4.78, 5) is 48.6. The molecule has 0 bridgehead atoms. The first-order chi connectivity index (χ1) is 12.3. The number of cyclic esters (lactones) is 2. The molecule has 2 aliphatic heterocycles. The normalized spacial score (nSPS) is 25.3. The summed E-state index contributed by atoms with van der Waals surface area (Å²) in [5, 5.41) is 11.3. The van der Waals surface area contributed by atoms with E-state index in [1.54, 1.807) is 6.07 Å². The summed E-state index contributed by atoms with van der Waals surface area (Å²) in [7, 11) is 0. The van der Waals surface area contributed by atoms with Crippen LogP contribution in [0.5, 0.6) is 0 Å². The van der Waals surface area contributed by atoms with Gasteiger partial charge in [0.2, 0.25) is 5.91 Å². The van der Waals surface area contributed by atoms with Gasteiger partial charge in [0.05, 0.1) is 28.9 Å². The summed E-state index contributed by atoms with van der Waals surface area (Å²) < 4.78 is 10.2. The highest BCUT2D eigenvalue weighted by atomic mass is 16.6. The number of carbonyl (C=O) groups excluding carboxylic acids is 3. The maximum atomic E-state index is 13.0. The molecule has 1 aromatic carbocycles. The molecule has 1 aromatic rings. The van der Waals surface area contributed by atoms with E-state index >= 15 is 0 Å². The number of ether oxygens (including phenoxy) is 2. The molecule has 0 unspecified atom stereocenters. The van der Waals surface area contributed by atoms with Gasteiger partial charge in [-0.2, -0.15) is 0 Å². The lowest BCUT2D eigenvalue weighted by atomic mass is 9.91. The number of esters is 1. The first-order valence-corrected chi connectivity index (χ1v) is 8.24. The van der Waals surface area contributed by atoms with Crippen LogP contribution in [0.2, 0.25) is 0 Å². The first kappa shape index (κ1) is 17.8. The molecule has 0 aromatic heterocycles. The van der Waals surface area contributed by atoms with Crippen molar-refractivity contribution in [2.45, 2.75) is 32.4 Å². The SMILES string of the molecule is CC(C)[C@H]1COC(=O)N1C(=O)[C@H]1CC(=O)O[C@@H]1c1ccccc1[N+](=O)[O-]. The van der Waals surface area contributed by atoms with Crippen molar-refractivity contribution in [1.82, 2.24) is 4.90 Å². The molecule has 2 heterocycles. The molecule has 0 aliphatic carbocycles. The van der Waals surface area contributed by atoms with Gasteiger partial charge in [-0.25, -0.2) is 9.69 Å². The van der Waals surface area contributed by atoms with Crippen LogP contribution in [0.3, 0.4) is 0 Å². The Kier molecular flexibility index (Phi) is 4.62. The minimum absolute atomic E-state index is 0.0343. The predicted molar refractivity (Wildman–Crippen MR) is 86.9 cm³/mol. The van der Waals surface area contributed by atoms with Crippen molar-refractivity contribution in [1.29, 1.82) is 0 Å². The average molecular weight is 362 g/mol. The van der Waals surface area contributed by atoms with Crippen LogP contribution >= 0.6 is 0 Å². The van der Waals surface area contributed by atoms with Crippen molar-refractivity contribution in [2.24, 2.45) is 11.8 Å². The minimum Gasteiger partial charge on any atom is -0.456 e. The standard InChI is InChI=1S/C17H18N2O7/c1-9(2)13-8-25-17(22)18(13)16(21)11-7-14(20)26-15(11)10-5-3-4-6-12(10)19(23)24/h3-6,9,11,13,15H,7-8H2,1-2H3/t11-,13+,15+/m0/s1. The number of amides is 2. The number of para-hydroxylation sites is 1. The molecule has 2 aliphatic rings. The van der Waals surface area contributed by atoms with Gasteiger partial charge in [-0.15, -0.1) is 0 Å². The highest BCUT2D eigenvalue weighted by molar-refractivity contribution is 5.97. The van der Waals surface area contributed by atoms with Gasteiger partial charge < -0.3 is 9.47 Å². The maximum Gasteiger partial charge on any atom is 0.416 e. The Hall–Kier alpha value is -2.97. The van der Waals surface area contributed by atoms with Crippen molar-refractivity contribution in [3.05, 3.63) is 39.9 Å². The molecule has 26 heavy (non-hydrogen) atoms. The molecule has 9 nitrogen and oxygen atoms in total. The molecule has 0 spiro atoms. The van der Waals surface area contributed by atoms with E-state index in [2.05, 4.69) is 0 Å². The third-order valence-corrected chi connectivity index (χ3v) is 4.68. The van der Waals surface area contributed by atoms with E-state index in [-0.39, 0.29) is 30.2 Å². The van der Waals surface area contributed by atoms with Crippen LogP contribution < -0.4 is 0 Å². The van der Waals surface area contributed by atoms with E-state index in [1.807, 2.05) is 13.8 Å². The summed E-state index contributed by atoms with van der Waals surface area (Å²) in [6.45, 7) is 3.78. The largest absolute Gasteiger partial charge is 0.456 e. The predicted octanol–water partition coefficient (Wildman–Crippen LogP) is 2.20. The summed E-state index contributed by atoms with van der Waals surface area (Å²) >= 11 is 0. The van der Waals surface area contributed by atoms with Gasteiger partial charge in [-0.1, -0.05) is 26.0 Å². The van der Waals surface area contributed by atoms with Crippen molar-refractivity contribution < 1.29 is 28.8 Å². The Morgan fingerprint density at radius 1 is 1.31 bits per heavy atom. The van der Waals surface area contributed by atoms with Crippen LogP contribution in [-0.2, 0) is 19.1 Å². The Labute approximate surface area is 149 Å². The van der Waals surface area contributed by atoms with Crippen molar-refractivity contribution in [3.8, 4) is 0 Å². The second-order valence-electron chi connectivity index (χ2n) is 6.63. The third-order valence-electron chi connectivity index (χ3n) is 4.68. The fraction of sp³-hybridized carbons (Fsp3) is 0.471. The first-order valence-electron chi connectivity index (χ1n) is 8.24. The van der Waals surface area contributed by atoms with Crippen molar-refractivity contribution in [3.63, 3.8) is 0 Å². The molecular formula is C17H18N2O7. The zero-order valence-corrected chi connectivity index (χ0v) is 14.3. The number of nitro benzene ring substituents is 1. The Morgan fingerprint density at radius 2 is 2.00 bits per heavy atom. The third kappa shape index (κ3) is 3.00. The molecule has 0 saturated carbocycles. The zero-order valence-electron chi connectivity index (χ0n) is 14.3. The number of nitrogens with zero attached hydrogens (tertiary/aromatic N) is 2. The second kappa shape index (κ2) is 6.74. The molecule has 0 radical (unpaired) electrons. The van der Waals surface area contributed by atoms with E-state index in [9.17, 15) is 24.5 Å². The van der Waals surface area contributed by atoms with Crippen LogP contribution in [0.4, 0.5) is 10.5 Å². The number of hydrogen-bond acceptors (Lipinski definition) is 7. The monoisotopic (exact) mass is 362 g/mol. The molecule has 0 N–H and O–H groups in total. The Morgan fingerprint density at radius 3 is 2.65 bits per heavy atom. The van der Waals surface area contributed by atoms with Gasteiger partial charge in [0.1, 0.15) is 12.7 Å². The maximum absolute atomic E-state index is 13.0. The van der Waals surface area contributed by atoms with Gasteiger partial charge in [-0.05, 0) is 12.0 Å². The Balaban J connectivity index is 1.96. The van der Waals surface area contributed by atoms with E-state index in [1.165, 1.54) is 18.2 Å². The molecule has 3 atom stereocenters. The fourth-order valence-electron chi connectivity index (χ4n) is 3.31. The second-order valence-corrected chi connectivity index (χ2v) is 6.63. The van der Waals surface area contributed by atoms with Crippen LogP contribution in [0, 0.1) is 22.0 Å². The molecule has 3 rings (SSSR count). The van der Waals surface area contributed by atoms with Gasteiger partial charge in [-0.3, -0.25) is 19.7 Å². The topological polar surface area (TPSA) is 116 Å². The quantitative estimate of drug-likeness (QED) is 0.458. The van der Waals surface area contributed by atoms with Crippen molar-refractivity contribution in [2.75, 3.05) is 6.61 Å². The summed E-state index contributed by atoms with van der Waals surface area (Å²) in [5.74, 6) is -2.30. The van der Waals surface area contributed by atoms with E-state index < -0.39 is 41.0 Å². The average Bonchev–Trinajstić information content (AvgIpc) is 3.17. The molecular weight excluding hydrogens is 344 g/mol. The van der Waals surface area contributed by atoms with Crippen LogP contribution in [0.1, 0.15) is 31.9 Å². The number of hydrogen-bond donors (Lipinski definition) is 0. The zero-order chi connectivity index (χ0) is 19.0. The molecule has 2 fully saturated rings. The summed E-state index contributed by atoms with van der Waals surface area (Å²) in [6, 6.07) is 5.34. The number of imide groups is 1. The summed E-state index contributed by atoms with van der Waals surface area (Å²) in [5.41, 5.74) is -0.107. The smallest absolute Gasteiger partial charge is 0.416 e. The fourth-order valence-corrected chi connectivity index (χ4v) is 3.31. The number of carbonyl (C=O) groups is 3. The Bertz CT molecular complexity index is 776. The van der Waals surface area contributed by atoms with Gasteiger partial charge >= 0.3 is 12.1 Å². The van der Waals surface area contributed by atoms with Gasteiger partial charge in [0.25, 0.3) is 5.69 Å². The van der Waals surface area contributed by atoms with E-state index in [0.717, 1.165) is 4.90 Å². The lowest BCUT2D eigenvalue weighted by molar-refractivity contribution is -0.386. The molecule has 9 heteroatoms. The van der Waals surface area contributed by atoms with Gasteiger partial charge in [0, 0.05) is 6.07 Å². The highest BCUT2D eigenvalue weighted by Crippen LogP contribution is 2.41. The number of rotatable bonds is 4. The number of nitro groups is 1. The molecule has 138 valence electrons. The van der Waals surface area contributed by atoms with E-state index in [0.29, 0.717) is 0 Å². The van der Waals surface area contributed by atoms with Crippen LogP contribution in [0.15, 0.2) is 24.3 Å². The molecule has 2 amide bonds. The lowest BCUT2D eigenvalue weighted by Crippen LogP contribution is -2.45. The van der Waals surface area contributed by atoms with Crippen LogP contribution in [-0.4, -0.2) is 40.4 Å².